The molecule has 16 heavy (non-hydrogen) atoms. The molecule has 0 aromatic heterocycles. The summed E-state index contributed by atoms with van der Waals surface area (Å²) in [6.07, 6.45) is 10.3. The molecular weight excluding hydrogens is 198 g/mol. The molecule has 2 fully saturated rings. The van der Waals surface area contributed by atoms with E-state index in [0.717, 1.165) is 24.8 Å². The third kappa shape index (κ3) is 2.99. The Bertz CT molecular complexity index is 231. The molecule has 2 heteroatoms. The van der Waals surface area contributed by atoms with Crippen molar-refractivity contribution in [3.63, 3.8) is 0 Å². The molecule has 0 radical (unpaired) electrons. The molecule has 1 saturated carbocycles. The van der Waals surface area contributed by atoms with Gasteiger partial charge in [-0.3, -0.25) is 4.79 Å². The highest BCUT2D eigenvalue weighted by Crippen LogP contribution is 2.38. The minimum absolute atomic E-state index is 0.284. The van der Waals surface area contributed by atoms with Crippen LogP contribution in [0.15, 0.2) is 0 Å². The summed E-state index contributed by atoms with van der Waals surface area (Å²) in [5, 5.41) is 2.94. The monoisotopic (exact) mass is 223 g/mol. The maximum absolute atomic E-state index is 11.4. The molecule has 0 aromatic carbocycles. The molecule has 1 atom stereocenters. The van der Waals surface area contributed by atoms with E-state index in [9.17, 15) is 4.79 Å². The van der Waals surface area contributed by atoms with Crippen molar-refractivity contribution in [2.75, 3.05) is 6.54 Å². The van der Waals surface area contributed by atoms with Crippen molar-refractivity contribution in [1.82, 2.24) is 5.32 Å². The van der Waals surface area contributed by atoms with Crippen molar-refractivity contribution >= 4 is 5.91 Å². The molecular formula is C14H25NO. The lowest BCUT2D eigenvalue weighted by Crippen LogP contribution is -2.37. The van der Waals surface area contributed by atoms with Crippen molar-refractivity contribution < 1.29 is 4.79 Å². The van der Waals surface area contributed by atoms with E-state index in [4.69, 9.17) is 0 Å². The SMILES string of the molecule is CCC[C@H]1CC[C@H](C2CCNC(=O)C2)CC1. The maximum Gasteiger partial charge on any atom is 0.220 e. The van der Waals surface area contributed by atoms with Crippen molar-refractivity contribution in [3.05, 3.63) is 0 Å². The molecule has 2 nitrogen and oxygen atoms in total. The Morgan fingerprint density at radius 2 is 1.88 bits per heavy atom. The third-order valence-corrected chi connectivity index (χ3v) is 4.54. The average molecular weight is 223 g/mol. The van der Waals surface area contributed by atoms with Crippen LogP contribution in [0.2, 0.25) is 0 Å². The van der Waals surface area contributed by atoms with E-state index in [-0.39, 0.29) is 5.91 Å². The molecule has 2 aliphatic rings. The van der Waals surface area contributed by atoms with Crippen LogP contribution in [0.3, 0.4) is 0 Å². The van der Waals surface area contributed by atoms with Gasteiger partial charge >= 0.3 is 0 Å². The zero-order valence-electron chi connectivity index (χ0n) is 10.5. The van der Waals surface area contributed by atoms with Crippen LogP contribution in [0.5, 0.6) is 0 Å². The number of amides is 1. The predicted octanol–water partition coefficient (Wildman–Crippen LogP) is 3.12. The van der Waals surface area contributed by atoms with E-state index < -0.39 is 0 Å². The van der Waals surface area contributed by atoms with E-state index in [2.05, 4.69) is 12.2 Å². The largest absolute Gasteiger partial charge is 0.356 e. The Morgan fingerprint density at radius 1 is 1.12 bits per heavy atom. The van der Waals surface area contributed by atoms with Gasteiger partial charge < -0.3 is 5.32 Å². The van der Waals surface area contributed by atoms with Crippen molar-refractivity contribution in [2.24, 2.45) is 17.8 Å². The highest BCUT2D eigenvalue weighted by Gasteiger charge is 2.30. The summed E-state index contributed by atoms with van der Waals surface area (Å²) in [7, 11) is 0. The Balaban J connectivity index is 1.77. The predicted molar refractivity (Wildman–Crippen MR) is 66.1 cm³/mol. The molecule has 0 bridgehead atoms. The standard InChI is InChI=1S/C14H25NO/c1-2-3-11-4-6-12(7-5-11)13-8-9-15-14(16)10-13/h11-13H,2-10H2,1H3,(H,15,16)/t11-,12-,13?. The Labute approximate surface area is 99.2 Å². The van der Waals surface area contributed by atoms with Gasteiger partial charge in [0.15, 0.2) is 0 Å². The van der Waals surface area contributed by atoms with Crippen LogP contribution in [0.1, 0.15) is 58.3 Å². The first-order valence-corrected chi connectivity index (χ1v) is 7.06. The van der Waals surface area contributed by atoms with Crippen molar-refractivity contribution in [1.29, 1.82) is 0 Å². The maximum atomic E-state index is 11.4. The summed E-state index contributed by atoms with van der Waals surface area (Å²) >= 11 is 0. The van der Waals surface area contributed by atoms with Gasteiger partial charge in [0.2, 0.25) is 5.91 Å². The van der Waals surface area contributed by atoms with Crippen molar-refractivity contribution in [3.8, 4) is 0 Å². The van der Waals surface area contributed by atoms with Gasteiger partial charge in [-0.05, 0) is 37.0 Å². The molecule has 1 heterocycles. The molecule has 1 unspecified atom stereocenters. The van der Waals surface area contributed by atoms with E-state index >= 15 is 0 Å². The highest BCUT2D eigenvalue weighted by atomic mass is 16.1. The van der Waals surface area contributed by atoms with Gasteiger partial charge in [0.25, 0.3) is 0 Å². The molecule has 1 amide bonds. The lowest BCUT2D eigenvalue weighted by Gasteiger charge is -2.35. The van der Waals surface area contributed by atoms with Gasteiger partial charge in [0, 0.05) is 13.0 Å². The molecule has 1 saturated heterocycles. The number of rotatable bonds is 3. The first kappa shape index (κ1) is 11.9. The number of carbonyl (C=O) groups is 1. The average Bonchev–Trinajstić information content (AvgIpc) is 2.30. The first-order valence-electron chi connectivity index (χ1n) is 7.06. The Kier molecular flexibility index (Phi) is 4.25. The Morgan fingerprint density at radius 3 is 2.50 bits per heavy atom. The van der Waals surface area contributed by atoms with Gasteiger partial charge in [0.1, 0.15) is 0 Å². The molecule has 0 aromatic rings. The lowest BCUT2D eigenvalue weighted by atomic mass is 9.72. The zero-order chi connectivity index (χ0) is 11.4. The fourth-order valence-corrected chi connectivity index (χ4v) is 3.57. The van der Waals surface area contributed by atoms with E-state index in [1.54, 1.807) is 0 Å². The van der Waals surface area contributed by atoms with E-state index in [1.165, 1.54) is 44.9 Å². The number of carbonyl (C=O) groups excluding carboxylic acids is 1. The number of nitrogens with one attached hydrogen (secondary N) is 1. The van der Waals surface area contributed by atoms with Crippen molar-refractivity contribution in [2.45, 2.75) is 58.3 Å². The summed E-state index contributed by atoms with van der Waals surface area (Å²) < 4.78 is 0. The summed E-state index contributed by atoms with van der Waals surface area (Å²) in [5.41, 5.74) is 0. The third-order valence-electron chi connectivity index (χ3n) is 4.54. The zero-order valence-corrected chi connectivity index (χ0v) is 10.5. The van der Waals surface area contributed by atoms with Gasteiger partial charge in [0.05, 0.1) is 0 Å². The fraction of sp³-hybridized carbons (Fsp3) is 0.929. The quantitative estimate of drug-likeness (QED) is 0.782. The molecule has 1 aliphatic heterocycles. The number of hydrogen-bond donors (Lipinski definition) is 1. The molecule has 1 N–H and O–H groups in total. The minimum atomic E-state index is 0.284. The lowest BCUT2D eigenvalue weighted by molar-refractivity contribution is -0.124. The highest BCUT2D eigenvalue weighted by molar-refractivity contribution is 5.76. The van der Waals surface area contributed by atoms with Gasteiger partial charge in [-0.2, -0.15) is 0 Å². The summed E-state index contributed by atoms with van der Waals surface area (Å²) in [6, 6.07) is 0. The van der Waals surface area contributed by atoms with Crippen LogP contribution < -0.4 is 5.32 Å². The molecule has 2 rings (SSSR count). The smallest absolute Gasteiger partial charge is 0.220 e. The molecule has 0 spiro atoms. The van der Waals surface area contributed by atoms with E-state index in [1.807, 2.05) is 0 Å². The van der Waals surface area contributed by atoms with Crippen LogP contribution in [-0.2, 0) is 4.79 Å². The molecule has 92 valence electrons. The van der Waals surface area contributed by atoms with Crippen LogP contribution in [0, 0.1) is 17.8 Å². The van der Waals surface area contributed by atoms with E-state index in [0.29, 0.717) is 5.92 Å². The normalized spacial score (nSPS) is 35.8. The number of piperidine rings is 1. The second-order valence-corrected chi connectivity index (χ2v) is 5.67. The van der Waals surface area contributed by atoms with Gasteiger partial charge in [-0.15, -0.1) is 0 Å². The minimum Gasteiger partial charge on any atom is -0.356 e. The molecule has 1 aliphatic carbocycles. The van der Waals surface area contributed by atoms with Crippen LogP contribution in [0.25, 0.3) is 0 Å². The number of hydrogen-bond acceptors (Lipinski definition) is 1. The second-order valence-electron chi connectivity index (χ2n) is 5.67. The fourth-order valence-electron chi connectivity index (χ4n) is 3.57. The first-order chi connectivity index (χ1) is 7.79. The van der Waals surface area contributed by atoms with Gasteiger partial charge in [-0.1, -0.05) is 32.6 Å². The summed E-state index contributed by atoms with van der Waals surface area (Å²) in [6.45, 7) is 3.20. The summed E-state index contributed by atoms with van der Waals surface area (Å²) in [5.74, 6) is 2.81. The van der Waals surface area contributed by atoms with Gasteiger partial charge in [-0.25, -0.2) is 0 Å². The van der Waals surface area contributed by atoms with Crippen LogP contribution in [-0.4, -0.2) is 12.5 Å². The van der Waals surface area contributed by atoms with Crippen LogP contribution >= 0.6 is 0 Å². The summed E-state index contributed by atoms with van der Waals surface area (Å²) in [4.78, 5) is 11.4. The topological polar surface area (TPSA) is 29.1 Å². The second kappa shape index (κ2) is 5.70. The Hall–Kier alpha value is -0.530. The van der Waals surface area contributed by atoms with Crippen LogP contribution in [0.4, 0.5) is 0 Å².